The molecule has 0 saturated carbocycles. The molecule has 0 bridgehead atoms. The molecular weight excluding hydrogens is 316 g/mol. The summed E-state index contributed by atoms with van der Waals surface area (Å²) in [5, 5.41) is 6.57. The summed E-state index contributed by atoms with van der Waals surface area (Å²) in [5.74, 6) is 0.448. The summed E-state index contributed by atoms with van der Waals surface area (Å²) in [6.07, 6.45) is 2.60. The van der Waals surface area contributed by atoms with E-state index in [0.29, 0.717) is 30.3 Å². The third kappa shape index (κ3) is 4.81. The van der Waals surface area contributed by atoms with Crippen LogP contribution in [0.3, 0.4) is 0 Å². The molecule has 2 amide bonds. The highest BCUT2D eigenvalue weighted by Gasteiger charge is 2.34. The fourth-order valence-corrected chi connectivity index (χ4v) is 2.67. The zero-order chi connectivity index (χ0) is 18.2. The van der Waals surface area contributed by atoms with Crippen LogP contribution in [-0.4, -0.2) is 48.3 Å². The molecule has 0 saturated heterocycles. The standard InChI is InChI=1S/C19H28N4O2/c1-4-14(3)22-19(20-5-2)21-12-8-9-13-23-17(24)15-10-6-7-11-16(15)18(23)25/h6-7,10-11,14H,4-5,8-9,12-13H2,1-3H3,(H2,20,21,22). The number of rotatable bonds is 8. The van der Waals surface area contributed by atoms with Crippen LogP contribution in [0.2, 0.25) is 0 Å². The van der Waals surface area contributed by atoms with Crippen LogP contribution in [0.1, 0.15) is 60.7 Å². The Morgan fingerprint density at radius 3 is 2.32 bits per heavy atom. The van der Waals surface area contributed by atoms with Gasteiger partial charge < -0.3 is 10.6 Å². The molecule has 1 aliphatic heterocycles. The predicted octanol–water partition coefficient (Wildman–Crippen LogP) is 2.42. The van der Waals surface area contributed by atoms with Crippen LogP contribution in [0.15, 0.2) is 29.3 Å². The molecule has 1 heterocycles. The van der Waals surface area contributed by atoms with Gasteiger partial charge in [0, 0.05) is 25.7 Å². The van der Waals surface area contributed by atoms with E-state index in [4.69, 9.17) is 0 Å². The molecule has 1 unspecified atom stereocenters. The molecule has 1 aromatic rings. The summed E-state index contributed by atoms with van der Waals surface area (Å²) in [4.78, 5) is 30.4. The Bertz CT molecular complexity index is 607. The maximum absolute atomic E-state index is 12.3. The Labute approximate surface area is 149 Å². The molecule has 6 heteroatoms. The Morgan fingerprint density at radius 2 is 1.76 bits per heavy atom. The van der Waals surface area contributed by atoms with Gasteiger partial charge in [-0.05, 0) is 45.2 Å². The lowest BCUT2D eigenvalue weighted by atomic mass is 10.1. The van der Waals surface area contributed by atoms with Crippen LogP contribution in [0.4, 0.5) is 0 Å². The molecule has 1 atom stereocenters. The molecule has 25 heavy (non-hydrogen) atoms. The Morgan fingerprint density at radius 1 is 1.12 bits per heavy atom. The second-order valence-corrected chi connectivity index (χ2v) is 6.23. The van der Waals surface area contributed by atoms with Gasteiger partial charge >= 0.3 is 0 Å². The van der Waals surface area contributed by atoms with Gasteiger partial charge in [-0.1, -0.05) is 19.1 Å². The number of amides is 2. The van der Waals surface area contributed by atoms with Crippen LogP contribution in [0, 0.1) is 0 Å². The van der Waals surface area contributed by atoms with Crippen molar-refractivity contribution < 1.29 is 9.59 Å². The lowest BCUT2D eigenvalue weighted by molar-refractivity contribution is 0.0652. The minimum Gasteiger partial charge on any atom is -0.357 e. The number of unbranched alkanes of at least 4 members (excludes halogenated alkanes) is 1. The van der Waals surface area contributed by atoms with Gasteiger partial charge in [0.25, 0.3) is 11.8 Å². The fraction of sp³-hybridized carbons (Fsp3) is 0.526. The molecule has 1 aliphatic rings. The maximum Gasteiger partial charge on any atom is 0.261 e. The van der Waals surface area contributed by atoms with E-state index in [-0.39, 0.29) is 11.8 Å². The molecule has 0 aliphatic carbocycles. The monoisotopic (exact) mass is 344 g/mol. The second-order valence-electron chi connectivity index (χ2n) is 6.23. The fourth-order valence-electron chi connectivity index (χ4n) is 2.67. The summed E-state index contributed by atoms with van der Waals surface area (Å²) in [7, 11) is 0. The average molecular weight is 344 g/mol. The average Bonchev–Trinajstić information content (AvgIpc) is 2.86. The first-order valence-corrected chi connectivity index (χ1v) is 9.08. The number of carbonyl (C=O) groups is 2. The largest absolute Gasteiger partial charge is 0.357 e. The first-order chi connectivity index (χ1) is 12.1. The van der Waals surface area contributed by atoms with Gasteiger partial charge in [0.05, 0.1) is 11.1 Å². The van der Waals surface area contributed by atoms with Crippen LogP contribution in [-0.2, 0) is 0 Å². The molecular formula is C19H28N4O2. The van der Waals surface area contributed by atoms with Gasteiger partial charge in [-0.25, -0.2) is 0 Å². The topological polar surface area (TPSA) is 73.8 Å². The first-order valence-electron chi connectivity index (χ1n) is 9.08. The van der Waals surface area contributed by atoms with E-state index in [0.717, 1.165) is 31.8 Å². The van der Waals surface area contributed by atoms with Crippen LogP contribution in [0.25, 0.3) is 0 Å². The van der Waals surface area contributed by atoms with Crippen molar-refractivity contribution in [1.82, 2.24) is 15.5 Å². The van der Waals surface area contributed by atoms with Crippen molar-refractivity contribution in [2.45, 2.75) is 46.1 Å². The van der Waals surface area contributed by atoms with E-state index in [2.05, 4.69) is 29.5 Å². The van der Waals surface area contributed by atoms with Gasteiger partial charge in [-0.15, -0.1) is 0 Å². The molecule has 0 spiro atoms. The van der Waals surface area contributed by atoms with Gasteiger partial charge in [-0.3, -0.25) is 19.5 Å². The van der Waals surface area contributed by atoms with Gasteiger partial charge in [0.1, 0.15) is 0 Å². The lowest BCUT2D eigenvalue weighted by Crippen LogP contribution is -2.42. The number of aliphatic imine (C=N–C) groups is 1. The minimum atomic E-state index is -0.184. The highest BCUT2D eigenvalue weighted by Crippen LogP contribution is 2.22. The number of nitrogens with one attached hydrogen (secondary N) is 2. The van der Waals surface area contributed by atoms with E-state index in [1.165, 1.54) is 4.90 Å². The van der Waals surface area contributed by atoms with Gasteiger partial charge in [0.15, 0.2) is 5.96 Å². The van der Waals surface area contributed by atoms with Crippen molar-refractivity contribution in [3.8, 4) is 0 Å². The van der Waals surface area contributed by atoms with Crippen LogP contribution >= 0.6 is 0 Å². The van der Waals surface area contributed by atoms with Gasteiger partial charge in [-0.2, -0.15) is 0 Å². The highest BCUT2D eigenvalue weighted by molar-refractivity contribution is 6.21. The summed E-state index contributed by atoms with van der Waals surface area (Å²) in [6, 6.07) is 7.37. The predicted molar refractivity (Wildman–Crippen MR) is 99.9 cm³/mol. The molecule has 2 rings (SSSR count). The third-order valence-corrected chi connectivity index (χ3v) is 4.28. The quantitative estimate of drug-likeness (QED) is 0.329. The zero-order valence-corrected chi connectivity index (χ0v) is 15.3. The smallest absolute Gasteiger partial charge is 0.261 e. The van der Waals surface area contributed by atoms with Crippen LogP contribution < -0.4 is 10.6 Å². The van der Waals surface area contributed by atoms with Crippen LogP contribution in [0.5, 0.6) is 0 Å². The molecule has 0 aromatic heterocycles. The number of hydrogen-bond donors (Lipinski definition) is 2. The summed E-state index contributed by atoms with van der Waals surface area (Å²) >= 11 is 0. The Kier molecular flexibility index (Phi) is 6.98. The molecule has 136 valence electrons. The van der Waals surface area contributed by atoms with E-state index in [1.54, 1.807) is 24.3 Å². The van der Waals surface area contributed by atoms with E-state index in [1.807, 2.05) is 6.92 Å². The number of fused-ring (bicyclic) bond motifs is 1. The summed E-state index contributed by atoms with van der Waals surface area (Å²) in [5.41, 5.74) is 1.02. The zero-order valence-electron chi connectivity index (χ0n) is 15.3. The maximum atomic E-state index is 12.3. The van der Waals surface area contributed by atoms with Crippen molar-refractivity contribution in [3.63, 3.8) is 0 Å². The number of benzene rings is 1. The Hall–Kier alpha value is -2.37. The van der Waals surface area contributed by atoms with E-state index >= 15 is 0 Å². The number of guanidine groups is 1. The summed E-state index contributed by atoms with van der Waals surface area (Å²) < 4.78 is 0. The SMILES string of the molecule is CCNC(=NCCCCN1C(=O)c2ccccc2C1=O)NC(C)CC. The normalized spacial score (nSPS) is 15.3. The molecule has 2 N–H and O–H groups in total. The van der Waals surface area contributed by atoms with Crippen molar-refractivity contribution in [2.24, 2.45) is 4.99 Å². The lowest BCUT2D eigenvalue weighted by Gasteiger charge is -2.16. The van der Waals surface area contributed by atoms with Crippen molar-refractivity contribution in [1.29, 1.82) is 0 Å². The van der Waals surface area contributed by atoms with Crippen molar-refractivity contribution in [3.05, 3.63) is 35.4 Å². The molecule has 6 nitrogen and oxygen atoms in total. The molecule has 1 aromatic carbocycles. The van der Waals surface area contributed by atoms with Crippen molar-refractivity contribution in [2.75, 3.05) is 19.6 Å². The highest BCUT2D eigenvalue weighted by atomic mass is 16.2. The van der Waals surface area contributed by atoms with E-state index in [9.17, 15) is 9.59 Å². The number of nitrogens with zero attached hydrogens (tertiary/aromatic N) is 2. The number of hydrogen-bond acceptors (Lipinski definition) is 3. The van der Waals surface area contributed by atoms with Crippen molar-refractivity contribution >= 4 is 17.8 Å². The first kappa shape index (κ1) is 19.0. The third-order valence-electron chi connectivity index (χ3n) is 4.28. The number of carbonyl (C=O) groups excluding carboxylic acids is 2. The second kappa shape index (κ2) is 9.20. The van der Waals surface area contributed by atoms with E-state index < -0.39 is 0 Å². The molecule has 0 radical (unpaired) electrons. The minimum absolute atomic E-state index is 0.184. The van der Waals surface area contributed by atoms with Gasteiger partial charge in [0.2, 0.25) is 0 Å². The summed E-state index contributed by atoms with van der Waals surface area (Å²) in [6.45, 7) is 8.21. The number of imide groups is 1. The Balaban J connectivity index is 1.80. The molecule has 0 fully saturated rings.